The van der Waals surface area contributed by atoms with E-state index in [1.54, 1.807) is 52.4 Å². The number of amides is 4. The maximum Gasteiger partial charge on any atom is 0.261 e. The number of aryl methyl sites for hydroxylation is 6. The van der Waals surface area contributed by atoms with Crippen LogP contribution in [0.5, 0.6) is 0 Å². The van der Waals surface area contributed by atoms with E-state index in [-0.39, 0.29) is 35.8 Å². The van der Waals surface area contributed by atoms with E-state index in [0.717, 1.165) is 22.8 Å². The van der Waals surface area contributed by atoms with Gasteiger partial charge in [-0.2, -0.15) is 0 Å². The molecule has 0 unspecified atom stereocenters. The highest BCUT2D eigenvalue weighted by molar-refractivity contribution is 6.99. The molecule has 2 aliphatic rings. The predicted molar refractivity (Wildman–Crippen MR) is 278 cm³/mol. The normalized spacial score (nSPS) is 14.1. The van der Waals surface area contributed by atoms with Crippen LogP contribution in [-0.4, -0.2) is 79.7 Å². The second-order valence-electron chi connectivity index (χ2n) is 18.6. The minimum atomic E-state index is -2.66. The third kappa shape index (κ3) is 8.94. The van der Waals surface area contributed by atoms with Crippen molar-refractivity contribution in [3.8, 4) is 0 Å². The Morgan fingerprint density at radius 2 is 1.01 bits per heavy atom. The molecule has 8 heterocycles. The van der Waals surface area contributed by atoms with E-state index in [9.17, 15) is 19.2 Å². The Labute approximate surface area is 417 Å². The van der Waals surface area contributed by atoms with E-state index in [4.69, 9.17) is 18.6 Å². The molecule has 0 aliphatic carbocycles. The topological polar surface area (TPSA) is 209 Å². The molecule has 0 spiro atoms. The zero-order valence-corrected chi connectivity index (χ0v) is 41.6. The van der Waals surface area contributed by atoms with Crippen molar-refractivity contribution in [2.24, 2.45) is 0 Å². The lowest BCUT2D eigenvalue weighted by atomic mass is 9.95. The largest absolute Gasteiger partial charge is 0.407 e. The first-order valence-electron chi connectivity index (χ1n) is 23.5. The highest BCUT2D eigenvalue weighted by Crippen LogP contribution is 2.40. The summed E-state index contributed by atoms with van der Waals surface area (Å²) in [7, 11) is -2.66. The lowest BCUT2D eigenvalue weighted by Crippen LogP contribution is -2.66. The molecular formula is C55H58N8O8Si. The molecule has 0 saturated heterocycles. The summed E-state index contributed by atoms with van der Waals surface area (Å²) in [4.78, 5) is 60.6. The molecule has 8 aromatic rings. The van der Waals surface area contributed by atoms with Crippen molar-refractivity contribution >= 4 is 86.7 Å². The van der Waals surface area contributed by atoms with Crippen LogP contribution < -0.4 is 21.0 Å². The van der Waals surface area contributed by atoms with Gasteiger partial charge in [-0.15, -0.1) is 0 Å². The molecule has 2 aromatic carbocycles. The Kier molecular flexibility index (Phi) is 14.4. The Bertz CT molecular complexity index is 3350. The summed E-state index contributed by atoms with van der Waals surface area (Å²) in [6, 6.07) is 28.6. The molecule has 6 aromatic heterocycles. The molecule has 17 heteroatoms. The van der Waals surface area contributed by atoms with Crippen molar-refractivity contribution in [3.05, 3.63) is 155 Å². The molecule has 72 heavy (non-hydrogen) atoms. The number of hydrogen-bond donors (Lipinski definition) is 3. The SMILES string of the molecule is C.Cc1noc(C)c1C1=C(c2cn(CCCO)c3ncccc23)C(=O)NC1=O.Cc1noc(C)c1C1=C(c2cn(CCCO[Si](c3ccccc3)(c3ccccc3)C(C)(C)C)c3ncccc23)C(=O)NC1=O. The minimum Gasteiger partial charge on any atom is -0.407 e. The van der Waals surface area contributed by atoms with Crippen LogP contribution in [0, 0.1) is 27.7 Å². The summed E-state index contributed by atoms with van der Waals surface area (Å²) < 4.78 is 21.6. The van der Waals surface area contributed by atoms with E-state index in [2.05, 4.69) is 100 Å². The maximum atomic E-state index is 13.2. The molecular weight excluding hydrogens is 929 g/mol. The third-order valence-electron chi connectivity index (χ3n) is 13.1. The summed E-state index contributed by atoms with van der Waals surface area (Å²) in [5, 5.41) is 25.9. The number of carbonyl (C=O) groups excluding carboxylic acids is 4. The van der Waals surface area contributed by atoms with Gasteiger partial charge >= 0.3 is 0 Å². The Hall–Kier alpha value is -7.86. The fraction of sp³-hybridized carbons (Fsp3) is 0.273. The zero-order valence-electron chi connectivity index (χ0n) is 40.6. The lowest BCUT2D eigenvalue weighted by molar-refractivity contribution is -0.124. The number of benzene rings is 2. The Balaban J connectivity index is 0.000000212. The van der Waals surface area contributed by atoms with Crippen LogP contribution in [0.3, 0.4) is 0 Å². The van der Waals surface area contributed by atoms with E-state index in [1.165, 1.54) is 10.4 Å². The van der Waals surface area contributed by atoms with Crippen LogP contribution in [0.2, 0.25) is 5.04 Å². The average molecular weight is 987 g/mol. The fourth-order valence-corrected chi connectivity index (χ4v) is 14.6. The first-order valence-corrected chi connectivity index (χ1v) is 25.4. The number of fused-ring (bicyclic) bond motifs is 2. The summed E-state index contributed by atoms with van der Waals surface area (Å²) in [6.07, 6.45) is 8.42. The van der Waals surface area contributed by atoms with Crippen LogP contribution in [0.15, 0.2) is 119 Å². The highest BCUT2D eigenvalue weighted by Gasteiger charge is 2.50. The van der Waals surface area contributed by atoms with Crippen LogP contribution in [0.1, 0.15) is 86.2 Å². The van der Waals surface area contributed by atoms with Gasteiger partial charge < -0.3 is 27.7 Å². The van der Waals surface area contributed by atoms with E-state index in [0.29, 0.717) is 82.5 Å². The van der Waals surface area contributed by atoms with Gasteiger partial charge in [0.1, 0.15) is 22.8 Å². The number of aromatic nitrogens is 6. The van der Waals surface area contributed by atoms with E-state index >= 15 is 0 Å². The zero-order chi connectivity index (χ0) is 50.2. The first kappa shape index (κ1) is 50.5. The number of carbonyl (C=O) groups is 4. The number of imide groups is 2. The van der Waals surface area contributed by atoms with Gasteiger partial charge in [-0.05, 0) is 80.2 Å². The molecule has 3 N–H and O–H groups in total. The lowest BCUT2D eigenvalue weighted by Gasteiger charge is -2.43. The van der Waals surface area contributed by atoms with Gasteiger partial charge in [0.2, 0.25) is 0 Å². The molecule has 0 radical (unpaired) electrons. The third-order valence-corrected chi connectivity index (χ3v) is 18.1. The van der Waals surface area contributed by atoms with Crippen LogP contribution >= 0.6 is 0 Å². The van der Waals surface area contributed by atoms with Crippen molar-refractivity contribution in [2.75, 3.05) is 13.2 Å². The van der Waals surface area contributed by atoms with Gasteiger partial charge in [0.05, 0.1) is 44.8 Å². The van der Waals surface area contributed by atoms with Gasteiger partial charge in [-0.1, -0.05) is 99.2 Å². The highest BCUT2D eigenvalue weighted by atomic mass is 28.4. The second-order valence-corrected chi connectivity index (χ2v) is 22.9. The molecule has 0 saturated carbocycles. The van der Waals surface area contributed by atoms with Gasteiger partial charge in [0.15, 0.2) is 0 Å². The standard InChI is InChI=1S/C35H36N4O4Si.C19H18N4O4.CH4/c1-23-29(24(2)43-38-23)31-30(33(40)37-34(31)41)28-22-39(32-27(28)18-12-19-36-32)20-13-21-42-44(35(3,4)5,25-14-8-6-9-15-25)26-16-10-7-11-17-26;1-10-14(11(2)27-22-10)16-15(18(25)21-19(16)26)13-9-23(7-4-8-24)17-12(13)5-3-6-20-17;/h6-12,14-19,22H,13,20-21H2,1-5H3,(H,37,40,41);3,5-6,9,24H,4,7-8H2,1-2H3,(H,21,25,26);1H4. The van der Waals surface area contributed by atoms with Crippen molar-refractivity contribution < 1.29 is 37.8 Å². The van der Waals surface area contributed by atoms with Crippen LogP contribution in [0.25, 0.3) is 44.4 Å². The molecule has 370 valence electrons. The van der Waals surface area contributed by atoms with Crippen LogP contribution in [-0.2, 0) is 36.7 Å². The van der Waals surface area contributed by atoms with Gasteiger partial charge in [-0.25, -0.2) is 9.97 Å². The van der Waals surface area contributed by atoms with Gasteiger partial charge in [0, 0.05) is 73.0 Å². The number of rotatable bonds is 14. The number of aliphatic hydroxyl groups is 1. The molecule has 10 rings (SSSR count). The number of aliphatic hydroxyl groups excluding tert-OH is 1. The van der Waals surface area contributed by atoms with Gasteiger partial charge in [-0.3, -0.25) is 29.8 Å². The van der Waals surface area contributed by atoms with Crippen molar-refractivity contribution in [3.63, 3.8) is 0 Å². The quantitative estimate of drug-likeness (QED) is 0.0553. The number of pyridine rings is 2. The molecule has 16 nitrogen and oxygen atoms in total. The summed E-state index contributed by atoms with van der Waals surface area (Å²) in [5.74, 6) is -0.857. The number of hydrogen-bond acceptors (Lipinski definition) is 12. The Morgan fingerprint density at radius 1 is 0.597 bits per heavy atom. The summed E-state index contributed by atoms with van der Waals surface area (Å²) in [6.45, 7) is 15.5. The van der Waals surface area contributed by atoms with E-state index in [1.807, 2.05) is 45.7 Å². The van der Waals surface area contributed by atoms with Gasteiger partial charge in [0.25, 0.3) is 31.9 Å². The summed E-state index contributed by atoms with van der Waals surface area (Å²) in [5.41, 5.74) is 6.04. The fourth-order valence-electron chi connectivity index (χ4n) is 10.0. The van der Waals surface area contributed by atoms with Crippen LogP contribution in [0.4, 0.5) is 0 Å². The number of nitrogens with one attached hydrogen (secondary N) is 2. The predicted octanol–water partition coefficient (Wildman–Crippen LogP) is 7.40. The van der Waals surface area contributed by atoms with Crippen molar-refractivity contribution in [2.45, 2.75) is 86.9 Å². The molecule has 0 bridgehead atoms. The maximum absolute atomic E-state index is 13.2. The molecule has 0 atom stereocenters. The smallest absolute Gasteiger partial charge is 0.261 e. The van der Waals surface area contributed by atoms with E-state index < -0.39 is 31.9 Å². The molecule has 4 amide bonds. The second kappa shape index (κ2) is 20.5. The molecule has 2 aliphatic heterocycles. The Morgan fingerprint density at radius 3 is 1.40 bits per heavy atom. The minimum absolute atomic E-state index is 0. The average Bonchev–Trinajstić information content (AvgIpc) is 4.20. The number of nitrogens with zero attached hydrogens (tertiary/aromatic N) is 6. The van der Waals surface area contributed by atoms with Crippen molar-refractivity contribution in [1.82, 2.24) is 40.0 Å². The monoisotopic (exact) mass is 986 g/mol. The molecule has 0 fully saturated rings. The summed E-state index contributed by atoms with van der Waals surface area (Å²) >= 11 is 0. The first-order chi connectivity index (χ1) is 34.2. The van der Waals surface area contributed by atoms with Crippen molar-refractivity contribution in [1.29, 1.82) is 0 Å².